The molecule has 110 valence electrons. The lowest BCUT2D eigenvalue weighted by Gasteiger charge is -2.22. The molecule has 7 heteroatoms. The van der Waals surface area contributed by atoms with Gasteiger partial charge in [-0.2, -0.15) is 0 Å². The van der Waals surface area contributed by atoms with E-state index >= 15 is 0 Å². The van der Waals surface area contributed by atoms with E-state index in [1.165, 1.54) is 12.1 Å². The zero-order valence-corrected chi connectivity index (χ0v) is 11.5. The summed E-state index contributed by atoms with van der Waals surface area (Å²) in [4.78, 5) is 12.1. The molecule has 1 fully saturated rings. The number of amides is 1. The van der Waals surface area contributed by atoms with Gasteiger partial charge < -0.3 is 15.7 Å². The molecule has 1 aliphatic heterocycles. The number of aromatic hydroxyl groups is 1. The van der Waals surface area contributed by atoms with Crippen molar-refractivity contribution in [3.63, 3.8) is 0 Å². The lowest BCUT2D eigenvalue weighted by molar-refractivity contribution is 0.102. The van der Waals surface area contributed by atoms with Crippen LogP contribution in [0.3, 0.4) is 0 Å². The van der Waals surface area contributed by atoms with Crippen molar-refractivity contribution in [2.45, 2.75) is 18.9 Å². The van der Waals surface area contributed by atoms with Gasteiger partial charge in [-0.1, -0.05) is 5.21 Å². The number of aromatic nitrogens is 3. The molecule has 3 N–H and O–H groups in total. The van der Waals surface area contributed by atoms with Crippen molar-refractivity contribution in [2.75, 3.05) is 18.4 Å². The van der Waals surface area contributed by atoms with Gasteiger partial charge in [-0.25, -0.2) is 4.68 Å². The number of nitrogens with zero attached hydrogens (tertiary/aromatic N) is 3. The molecule has 1 saturated heterocycles. The maximum Gasteiger partial charge on any atom is 0.277 e. The van der Waals surface area contributed by atoms with Crippen molar-refractivity contribution >= 4 is 11.6 Å². The molecule has 21 heavy (non-hydrogen) atoms. The number of anilines is 1. The highest BCUT2D eigenvalue weighted by atomic mass is 16.3. The van der Waals surface area contributed by atoms with Gasteiger partial charge in [0.1, 0.15) is 5.75 Å². The smallest absolute Gasteiger partial charge is 0.277 e. The lowest BCUT2D eigenvalue weighted by Crippen LogP contribution is -2.29. The Morgan fingerprint density at radius 2 is 2.00 bits per heavy atom. The first kappa shape index (κ1) is 13.6. The number of piperidine rings is 1. The molecule has 0 atom stereocenters. The number of hydrogen-bond donors (Lipinski definition) is 3. The van der Waals surface area contributed by atoms with Crippen LogP contribution in [0, 0.1) is 0 Å². The minimum absolute atomic E-state index is 0.157. The Morgan fingerprint density at radius 1 is 1.29 bits per heavy atom. The monoisotopic (exact) mass is 287 g/mol. The molecule has 0 bridgehead atoms. The second-order valence-electron chi connectivity index (χ2n) is 5.07. The third kappa shape index (κ3) is 3.19. The second kappa shape index (κ2) is 5.92. The van der Waals surface area contributed by atoms with Crippen molar-refractivity contribution in [1.82, 2.24) is 20.3 Å². The van der Waals surface area contributed by atoms with Crippen molar-refractivity contribution in [3.8, 4) is 5.75 Å². The molecule has 7 nitrogen and oxygen atoms in total. The molecule has 1 aromatic carbocycles. The Labute approximate surface area is 122 Å². The maximum absolute atomic E-state index is 12.1. The molecule has 0 spiro atoms. The Bertz CT molecular complexity index is 617. The van der Waals surface area contributed by atoms with Gasteiger partial charge in [0.15, 0.2) is 5.69 Å². The number of rotatable bonds is 3. The number of hydrogen-bond acceptors (Lipinski definition) is 5. The molecule has 1 aromatic heterocycles. The van der Waals surface area contributed by atoms with Crippen LogP contribution in [0.4, 0.5) is 5.69 Å². The predicted octanol–water partition coefficient (Wildman–Crippen LogP) is 1.16. The molecule has 2 aromatic rings. The Balaban J connectivity index is 1.67. The van der Waals surface area contributed by atoms with Crippen LogP contribution in [-0.2, 0) is 0 Å². The maximum atomic E-state index is 12.1. The summed E-state index contributed by atoms with van der Waals surface area (Å²) in [5, 5.41) is 23.2. The number of carbonyl (C=O) groups excluding carboxylic acids is 1. The van der Waals surface area contributed by atoms with Gasteiger partial charge in [0.2, 0.25) is 0 Å². The summed E-state index contributed by atoms with van der Waals surface area (Å²) >= 11 is 0. The third-order valence-corrected chi connectivity index (χ3v) is 3.55. The van der Waals surface area contributed by atoms with Gasteiger partial charge >= 0.3 is 0 Å². The molecular formula is C14H17N5O2. The van der Waals surface area contributed by atoms with Crippen LogP contribution in [-0.4, -0.2) is 39.1 Å². The molecule has 0 aliphatic carbocycles. The minimum Gasteiger partial charge on any atom is -0.508 e. The van der Waals surface area contributed by atoms with Gasteiger partial charge in [-0.15, -0.1) is 5.10 Å². The number of nitrogens with one attached hydrogen (secondary N) is 2. The van der Waals surface area contributed by atoms with Crippen molar-refractivity contribution < 1.29 is 9.90 Å². The molecule has 0 unspecified atom stereocenters. The highest BCUT2D eigenvalue weighted by Gasteiger charge is 2.18. The van der Waals surface area contributed by atoms with Crippen LogP contribution >= 0.6 is 0 Å². The first-order chi connectivity index (χ1) is 10.2. The number of phenolic OH excluding ortho intramolecular Hbond substituents is 1. The van der Waals surface area contributed by atoms with Crippen LogP contribution in [0.2, 0.25) is 0 Å². The van der Waals surface area contributed by atoms with E-state index in [0.717, 1.165) is 25.9 Å². The molecule has 0 radical (unpaired) electrons. The quantitative estimate of drug-likeness (QED) is 0.737. The highest BCUT2D eigenvalue weighted by molar-refractivity contribution is 6.02. The first-order valence-corrected chi connectivity index (χ1v) is 6.95. The minimum atomic E-state index is -0.305. The number of carbonyl (C=O) groups is 1. The average molecular weight is 287 g/mol. The van der Waals surface area contributed by atoms with Crippen LogP contribution in [0.1, 0.15) is 29.4 Å². The standard InChI is InChI=1S/C14H17N5O2/c20-12-3-1-10(2-4-12)16-14(21)13-9-19(18-17-13)11-5-7-15-8-6-11/h1-4,9,11,15,20H,5-8H2,(H,16,21). The third-order valence-electron chi connectivity index (χ3n) is 3.55. The van der Waals surface area contributed by atoms with E-state index in [2.05, 4.69) is 20.9 Å². The Morgan fingerprint density at radius 3 is 2.71 bits per heavy atom. The molecule has 0 saturated carbocycles. The molecule has 3 rings (SSSR count). The van der Waals surface area contributed by atoms with E-state index in [9.17, 15) is 9.90 Å². The fourth-order valence-corrected chi connectivity index (χ4v) is 2.37. The fourth-order valence-electron chi connectivity index (χ4n) is 2.37. The fraction of sp³-hybridized carbons (Fsp3) is 0.357. The summed E-state index contributed by atoms with van der Waals surface area (Å²) in [6.07, 6.45) is 3.66. The lowest BCUT2D eigenvalue weighted by atomic mass is 10.1. The topological polar surface area (TPSA) is 92.1 Å². The van der Waals surface area contributed by atoms with Crippen LogP contribution in [0.5, 0.6) is 5.75 Å². The highest BCUT2D eigenvalue weighted by Crippen LogP contribution is 2.18. The van der Waals surface area contributed by atoms with Gasteiger partial charge in [0.05, 0.1) is 12.2 Å². The number of benzene rings is 1. The van der Waals surface area contributed by atoms with Crippen molar-refractivity contribution in [1.29, 1.82) is 0 Å². The Hall–Kier alpha value is -2.41. The first-order valence-electron chi connectivity index (χ1n) is 6.95. The molecule has 2 heterocycles. The molecule has 1 amide bonds. The van der Waals surface area contributed by atoms with Crippen LogP contribution in [0.15, 0.2) is 30.5 Å². The Kier molecular flexibility index (Phi) is 3.83. The summed E-state index contributed by atoms with van der Waals surface area (Å²) in [5.74, 6) is -0.147. The van der Waals surface area contributed by atoms with Crippen LogP contribution < -0.4 is 10.6 Å². The van der Waals surface area contributed by atoms with Gasteiger partial charge in [-0.3, -0.25) is 4.79 Å². The zero-order chi connectivity index (χ0) is 14.7. The van der Waals surface area contributed by atoms with E-state index in [1.807, 2.05) is 0 Å². The summed E-state index contributed by atoms with van der Waals surface area (Å²) in [6, 6.07) is 6.59. The molecular weight excluding hydrogens is 270 g/mol. The van der Waals surface area contributed by atoms with Gasteiger partial charge in [0.25, 0.3) is 5.91 Å². The van der Waals surface area contributed by atoms with Crippen molar-refractivity contribution in [3.05, 3.63) is 36.2 Å². The van der Waals surface area contributed by atoms with E-state index in [4.69, 9.17) is 0 Å². The summed E-state index contributed by atoms with van der Waals surface area (Å²) < 4.78 is 1.77. The summed E-state index contributed by atoms with van der Waals surface area (Å²) in [5.41, 5.74) is 0.899. The van der Waals surface area contributed by atoms with E-state index in [1.54, 1.807) is 23.0 Å². The van der Waals surface area contributed by atoms with E-state index in [-0.39, 0.29) is 11.7 Å². The molecule has 1 aliphatic rings. The normalized spacial score (nSPS) is 15.8. The zero-order valence-electron chi connectivity index (χ0n) is 11.5. The van der Waals surface area contributed by atoms with E-state index in [0.29, 0.717) is 17.4 Å². The predicted molar refractivity (Wildman–Crippen MR) is 77.2 cm³/mol. The van der Waals surface area contributed by atoms with Crippen molar-refractivity contribution in [2.24, 2.45) is 0 Å². The van der Waals surface area contributed by atoms with Gasteiger partial charge in [0, 0.05) is 5.69 Å². The van der Waals surface area contributed by atoms with Crippen LogP contribution in [0.25, 0.3) is 0 Å². The SMILES string of the molecule is O=C(Nc1ccc(O)cc1)c1cn(C2CCNCC2)nn1. The van der Waals surface area contributed by atoms with E-state index < -0.39 is 0 Å². The second-order valence-corrected chi connectivity index (χ2v) is 5.07. The number of phenols is 1. The van der Waals surface area contributed by atoms with Gasteiger partial charge in [-0.05, 0) is 50.2 Å². The summed E-state index contributed by atoms with van der Waals surface area (Å²) in [7, 11) is 0. The summed E-state index contributed by atoms with van der Waals surface area (Å²) in [6.45, 7) is 1.92. The average Bonchev–Trinajstić information content (AvgIpc) is 3.00. The largest absolute Gasteiger partial charge is 0.508 e.